The van der Waals surface area contributed by atoms with E-state index >= 15 is 0 Å². The SMILES string of the molecule is CC(C)O.OC1CCCOC1. The van der Waals surface area contributed by atoms with Crippen LogP contribution in [-0.4, -0.2) is 35.6 Å². The molecule has 1 unspecified atom stereocenters. The average molecular weight is 162 g/mol. The topological polar surface area (TPSA) is 49.7 Å². The molecule has 1 aliphatic heterocycles. The van der Waals surface area contributed by atoms with Crippen LogP contribution in [0.25, 0.3) is 0 Å². The highest BCUT2D eigenvalue weighted by molar-refractivity contribution is 4.57. The van der Waals surface area contributed by atoms with Gasteiger partial charge in [-0.2, -0.15) is 0 Å². The maximum Gasteiger partial charge on any atom is 0.0774 e. The Morgan fingerprint density at radius 2 is 2.00 bits per heavy atom. The van der Waals surface area contributed by atoms with Gasteiger partial charge in [0.25, 0.3) is 0 Å². The summed E-state index contributed by atoms with van der Waals surface area (Å²) in [7, 11) is 0. The minimum Gasteiger partial charge on any atom is -0.394 e. The van der Waals surface area contributed by atoms with Crippen LogP contribution < -0.4 is 0 Å². The highest BCUT2D eigenvalue weighted by Crippen LogP contribution is 2.03. The van der Waals surface area contributed by atoms with Gasteiger partial charge in [-0.05, 0) is 26.7 Å². The Labute approximate surface area is 68.0 Å². The molecule has 2 N–H and O–H groups in total. The first-order chi connectivity index (χ1) is 5.13. The van der Waals surface area contributed by atoms with Gasteiger partial charge in [0.2, 0.25) is 0 Å². The summed E-state index contributed by atoms with van der Waals surface area (Å²) >= 11 is 0. The molecule has 1 fully saturated rings. The lowest BCUT2D eigenvalue weighted by molar-refractivity contribution is -0.00535. The first kappa shape index (κ1) is 10.9. The van der Waals surface area contributed by atoms with Crippen molar-refractivity contribution in [3.8, 4) is 0 Å². The number of aliphatic hydroxyl groups is 2. The molecule has 11 heavy (non-hydrogen) atoms. The fraction of sp³-hybridized carbons (Fsp3) is 1.00. The van der Waals surface area contributed by atoms with Gasteiger partial charge in [-0.25, -0.2) is 0 Å². The average Bonchev–Trinajstić information content (AvgIpc) is 1.87. The van der Waals surface area contributed by atoms with Gasteiger partial charge < -0.3 is 14.9 Å². The number of rotatable bonds is 0. The van der Waals surface area contributed by atoms with E-state index in [2.05, 4.69) is 0 Å². The molecular formula is C8H18O3. The van der Waals surface area contributed by atoms with Crippen molar-refractivity contribution in [2.45, 2.75) is 38.9 Å². The van der Waals surface area contributed by atoms with Crippen LogP contribution >= 0.6 is 0 Å². The quantitative estimate of drug-likeness (QED) is 0.546. The van der Waals surface area contributed by atoms with E-state index in [0.717, 1.165) is 19.4 Å². The van der Waals surface area contributed by atoms with E-state index in [9.17, 15) is 0 Å². The molecule has 3 heteroatoms. The molecule has 68 valence electrons. The molecule has 0 bridgehead atoms. The Kier molecular flexibility index (Phi) is 6.51. The molecule has 1 atom stereocenters. The van der Waals surface area contributed by atoms with Crippen molar-refractivity contribution < 1.29 is 14.9 Å². The highest BCUT2D eigenvalue weighted by Gasteiger charge is 2.07. The van der Waals surface area contributed by atoms with Crippen molar-refractivity contribution in [2.24, 2.45) is 0 Å². The third-order valence-electron chi connectivity index (χ3n) is 1.14. The fourth-order valence-electron chi connectivity index (χ4n) is 0.724. The predicted octanol–water partition coefficient (Wildman–Crippen LogP) is 0.545. The molecule has 0 aromatic carbocycles. The molecule has 0 aromatic rings. The monoisotopic (exact) mass is 162 g/mol. The van der Waals surface area contributed by atoms with Crippen LogP contribution in [0.3, 0.4) is 0 Å². The fourth-order valence-corrected chi connectivity index (χ4v) is 0.724. The van der Waals surface area contributed by atoms with E-state index in [1.165, 1.54) is 0 Å². The Bertz CT molecular complexity index is 74.7. The van der Waals surface area contributed by atoms with Crippen LogP contribution in [0.2, 0.25) is 0 Å². The van der Waals surface area contributed by atoms with Crippen molar-refractivity contribution in [1.29, 1.82) is 0 Å². The van der Waals surface area contributed by atoms with Crippen LogP contribution in [0.1, 0.15) is 26.7 Å². The molecule has 0 amide bonds. The molecule has 1 heterocycles. The third kappa shape index (κ3) is 9.88. The van der Waals surface area contributed by atoms with Crippen molar-refractivity contribution >= 4 is 0 Å². The van der Waals surface area contributed by atoms with Gasteiger partial charge in [0.05, 0.1) is 12.7 Å². The van der Waals surface area contributed by atoms with E-state index in [1.807, 2.05) is 0 Å². The lowest BCUT2D eigenvalue weighted by atomic mass is 10.2. The highest BCUT2D eigenvalue weighted by atomic mass is 16.5. The summed E-state index contributed by atoms with van der Waals surface area (Å²) in [4.78, 5) is 0. The van der Waals surface area contributed by atoms with Crippen LogP contribution in [0, 0.1) is 0 Å². The zero-order chi connectivity index (χ0) is 8.69. The van der Waals surface area contributed by atoms with Crippen molar-refractivity contribution in [1.82, 2.24) is 0 Å². The smallest absolute Gasteiger partial charge is 0.0774 e. The zero-order valence-corrected chi connectivity index (χ0v) is 7.29. The molecule has 1 rings (SSSR count). The lowest BCUT2D eigenvalue weighted by Crippen LogP contribution is -2.21. The van der Waals surface area contributed by atoms with Gasteiger partial charge >= 0.3 is 0 Å². The minimum absolute atomic E-state index is 0.167. The molecule has 3 nitrogen and oxygen atoms in total. The molecule has 0 radical (unpaired) electrons. The summed E-state index contributed by atoms with van der Waals surface area (Å²) in [5.74, 6) is 0. The predicted molar refractivity (Wildman–Crippen MR) is 43.4 cm³/mol. The molecule has 0 saturated carbocycles. The van der Waals surface area contributed by atoms with Gasteiger partial charge in [0.1, 0.15) is 0 Å². The number of hydrogen-bond donors (Lipinski definition) is 2. The van der Waals surface area contributed by atoms with Gasteiger partial charge in [0.15, 0.2) is 0 Å². The summed E-state index contributed by atoms with van der Waals surface area (Å²) in [6, 6.07) is 0. The number of ether oxygens (including phenoxy) is 1. The normalized spacial score (nSPS) is 24.3. The Morgan fingerprint density at radius 3 is 2.18 bits per heavy atom. The third-order valence-corrected chi connectivity index (χ3v) is 1.14. The van der Waals surface area contributed by atoms with Crippen LogP contribution in [0.5, 0.6) is 0 Å². The van der Waals surface area contributed by atoms with E-state index in [0.29, 0.717) is 6.61 Å². The van der Waals surface area contributed by atoms with E-state index < -0.39 is 0 Å². The van der Waals surface area contributed by atoms with Crippen molar-refractivity contribution in [3.63, 3.8) is 0 Å². The van der Waals surface area contributed by atoms with E-state index in [4.69, 9.17) is 14.9 Å². The minimum atomic E-state index is -0.186. The molecule has 0 spiro atoms. The van der Waals surface area contributed by atoms with Crippen LogP contribution in [0.4, 0.5) is 0 Å². The Balaban J connectivity index is 0.000000218. The number of aliphatic hydroxyl groups excluding tert-OH is 2. The standard InChI is InChI=1S/C5H10O2.C3H8O/c6-5-2-1-3-7-4-5;1-3(2)4/h5-6H,1-4H2;3-4H,1-2H3. The van der Waals surface area contributed by atoms with E-state index in [-0.39, 0.29) is 12.2 Å². The molecule has 1 aliphatic rings. The van der Waals surface area contributed by atoms with Gasteiger partial charge in [0, 0.05) is 12.7 Å². The Morgan fingerprint density at radius 1 is 1.45 bits per heavy atom. The second kappa shape index (κ2) is 6.58. The van der Waals surface area contributed by atoms with E-state index in [1.54, 1.807) is 13.8 Å². The zero-order valence-electron chi connectivity index (χ0n) is 7.29. The first-order valence-electron chi connectivity index (χ1n) is 4.06. The summed E-state index contributed by atoms with van der Waals surface area (Å²) in [6.07, 6.45) is 1.58. The van der Waals surface area contributed by atoms with Gasteiger partial charge in [-0.15, -0.1) is 0 Å². The van der Waals surface area contributed by atoms with Crippen LogP contribution in [-0.2, 0) is 4.74 Å². The van der Waals surface area contributed by atoms with Gasteiger partial charge in [-0.1, -0.05) is 0 Å². The molecule has 0 aromatic heterocycles. The van der Waals surface area contributed by atoms with Crippen molar-refractivity contribution in [3.05, 3.63) is 0 Å². The molecular weight excluding hydrogens is 144 g/mol. The largest absolute Gasteiger partial charge is 0.394 e. The van der Waals surface area contributed by atoms with Gasteiger partial charge in [-0.3, -0.25) is 0 Å². The van der Waals surface area contributed by atoms with Crippen LogP contribution in [0.15, 0.2) is 0 Å². The lowest BCUT2D eigenvalue weighted by Gasteiger charge is -2.15. The second-order valence-electron chi connectivity index (χ2n) is 2.96. The second-order valence-corrected chi connectivity index (χ2v) is 2.96. The maximum absolute atomic E-state index is 8.78. The Hall–Kier alpha value is -0.120. The summed E-state index contributed by atoms with van der Waals surface area (Å²) in [5.41, 5.74) is 0. The summed E-state index contributed by atoms with van der Waals surface area (Å²) < 4.78 is 4.93. The first-order valence-corrected chi connectivity index (χ1v) is 4.06. The maximum atomic E-state index is 8.78. The number of hydrogen-bond acceptors (Lipinski definition) is 3. The summed E-state index contributed by atoms with van der Waals surface area (Å²) in [6.45, 7) is 4.82. The molecule has 0 aliphatic carbocycles. The van der Waals surface area contributed by atoms with Crippen molar-refractivity contribution in [2.75, 3.05) is 13.2 Å². The molecule has 1 saturated heterocycles. The summed E-state index contributed by atoms with van der Waals surface area (Å²) in [5, 5.41) is 16.8.